The summed E-state index contributed by atoms with van der Waals surface area (Å²) in [7, 11) is 0. The van der Waals surface area contributed by atoms with Crippen molar-refractivity contribution in [2.45, 2.75) is 63.6 Å². The van der Waals surface area contributed by atoms with Gasteiger partial charge in [0.15, 0.2) is 5.82 Å². The van der Waals surface area contributed by atoms with Gasteiger partial charge in [-0.05, 0) is 55.9 Å². The van der Waals surface area contributed by atoms with Gasteiger partial charge in [0.2, 0.25) is 11.8 Å². The molecule has 1 saturated heterocycles. The molecule has 13 heteroatoms. The molecule has 2 aliphatic rings. The summed E-state index contributed by atoms with van der Waals surface area (Å²) in [5, 5.41) is 13.3. The summed E-state index contributed by atoms with van der Waals surface area (Å²) in [6, 6.07) is 12.1. The topological polar surface area (TPSA) is 139 Å². The van der Waals surface area contributed by atoms with Crippen molar-refractivity contribution in [2.75, 3.05) is 25.0 Å². The van der Waals surface area contributed by atoms with E-state index in [1.807, 2.05) is 18.2 Å². The second kappa shape index (κ2) is 13.5. The van der Waals surface area contributed by atoms with E-state index in [4.69, 9.17) is 9.47 Å². The second-order valence-corrected chi connectivity index (χ2v) is 11.4. The zero-order valence-corrected chi connectivity index (χ0v) is 24.6. The number of nitrogens with zero attached hydrogens (tertiary/aromatic N) is 3. The fourth-order valence-corrected chi connectivity index (χ4v) is 5.04. The Morgan fingerprint density at radius 1 is 1.14 bits per heavy atom. The van der Waals surface area contributed by atoms with E-state index in [2.05, 4.69) is 25.8 Å². The maximum Gasteiger partial charge on any atom is 0.407 e. The van der Waals surface area contributed by atoms with Crippen LogP contribution in [0.15, 0.2) is 59.5 Å². The first-order valence-corrected chi connectivity index (χ1v) is 14.7. The molecule has 1 saturated carbocycles. The van der Waals surface area contributed by atoms with Gasteiger partial charge in [0.05, 0.1) is 24.6 Å². The van der Waals surface area contributed by atoms with Crippen LogP contribution in [0.25, 0.3) is 0 Å². The standard InChI is InChI=1S/C31H36F2N6O5/c1-19(35-30(42)44-18-21-6-4-3-5-7-21)24-14-23(15-34-29(24)41)25-16-39(13-12-31(25,32)33)20(2)28(40)36-26-10-11-27(38-37-26)43-17-22-8-9-22/h3-7,10-11,14-15,19-20,22,25H,8-9,12-13,16-18H2,1-2H3,(H,34,41)(H,35,42)(H,36,37,40). The predicted molar refractivity (Wildman–Crippen MR) is 157 cm³/mol. The van der Waals surface area contributed by atoms with Gasteiger partial charge < -0.3 is 25.1 Å². The number of carbonyl (C=O) groups excluding carboxylic acids is 2. The van der Waals surface area contributed by atoms with Gasteiger partial charge in [-0.1, -0.05) is 30.3 Å². The number of anilines is 1. The number of alkyl carbamates (subject to hydrolysis) is 1. The molecule has 44 heavy (non-hydrogen) atoms. The molecule has 0 bridgehead atoms. The number of aromatic amines is 1. The molecule has 2 aromatic heterocycles. The third-order valence-corrected chi connectivity index (χ3v) is 8.01. The van der Waals surface area contributed by atoms with Gasteiger partial charge in [-0.2, -0.15) is 0 Å². The van der Waals surface area contributed by atoms with E-state index in [1.165, 1.54) is 12.3 Å². The molecular formula is C31H36F2N6O5. The number of hydrogen-bond acceptors (Lipinski definition) is 8. The SMILES string of the molecule is CC(NC(=O)OCc1ccccc1)c1cc(C2CN(C(C)C(=O)Nc3ccc(OCC4CC4)nn3)CCC2(F)F)c[nH]c1=O. The number of likely N-dealkylation sites (tertiary alicyclic amines) is 1. The van der Waals surface area contributed by atoms with Crippen molar-refractivity contribution in [2.24, 2.45) is 5.92 Å². The average Bonchev–Trinajstić information content (AvgIpc) is 3.85. The summed E-state index contributed by atoms with van der Waals surface area (Å²) >= 11 is 0. The Morgan fingerprint density at radius 2 is 1.91 bits per heavy atom. The second-order valence-electron chi connectivity index (χ2n) is 11.4. The summed E-state index contributed by atoms with van der Waals surface area (Å²) in [6.07, 6.45) is 2.34. The number of H-pyrrole nitrogens is 1. The number of halogens is 2. The molecule has 2 fully saturated rings. The van der Waals surface area contributed by atoms with Crippen molar-refractivity contribution in [3.05, 3.63) is 81.8 Å². The van der Waals surface area contributed by atoms with Crippen LogP contribution < -0.4 is 20.9 Å². The van der Waals surface area contributed by atoms with Crippen LogP contribution >= 0.6 is 0 Å². The summed E-state index contributed by atoms with van der Waals surface area (Å²) in [5.41, 5.74) is 0.585. The molecule has 1 aromatic carbocycles. The van der Waals surface area contributed by atoms with Gasteiger partial charge in [0.1, 0.15) is 6.61 Å². The third kappa shape index (κ3) is 7.95. The molecule has 3 N–H and O–H groups in total. The summed E-state index contributed by atoms with van der Waals surface area (Å²) in [6.45, 7) is 3.71. The first kappa shape index (κ1) is 31.0. The number of pyridine rings is 1. The molecule has 1 aliphatic carbocycles. The van der Waals surface area contributed by atoms with Gasteiger partial charge in [0.25, 0.3) is 11.5 Å². The molecule has 3 unspecified atom stereocenters. The van der Waals surface area contributed by atoms with Crippen LogP contribution in [0.1, 0.15) is 61.8 Å². The van der Waals surface area contributed by atoms with Crippen molar-refractivity contribution in [3.8, 4) is 5.88 Å². The fourth-order valence-electron chi connectivity index (χ4n) is 5.04. The van der Waals surface area contributed by atoms with Crippen molar-refractivity contribution in [1.82, 2.24) is 25.4 Å². The first-order valence-electron chi connectivity index (χ1n) is 14.7. The van der Waals surface area contributed by atoms with Crippen LogP contribution in [0, 0.1) is 5.92 Å². The van der Waals surface area contributed by atoms with Gasteiger partial charge in [-0.3, -0.25) is 14.5 Å². The number of benzene rings is 1. The molecule has 1 aliphatic heterocycles. The minimum atomic E-state index is -3.09. The Kier molecular flexibility index (Phi) is 9.52. The summed E-state index contributed by atoms with van der Waals surface area (Å²) < 4.78 is 41.3. The van der Waals surface area contributed by atoms with E-state index >= 15 is 8.78 Å². The van der Waals surface area contributed by atoms with Crippen molar-refractivity contribution < 1.29 is 27.8 Å². The minimum Gasteiger partial charge on any atom is -0.476 e. The number of nitrogens with one attached hydrogen (secondary N) is 3. The number of hydrogen-bond donors (Lipinski definition) is 3. The molecule has 234 valence electrons. The highest BCUT2D eigenvalue weighted by Gasteiger charge is 2.46. The van der Waals surface area contributed by atoms with E-state index in [0.29, 0.717) is 18.4 Å². The van der Waals surface area contributed by atoms with Crippen LogP contribution in [-0.4, -0.2) is 63.7 Å². The first-order chi connectivity index (χ1) is 21.1. The summed E-state index contributed by atoms with van der Waals surface area (Å²) in [5.74, 6) is -3.64. The number of alkyl halides is 2. The average molecular weight is 611 g/mol. The Hall–Kier alpha value is -4.39. The summed E-state index contributed by atoms with van der Waals surface area (Å²) in [4.78, 5) is 42.2. The molecule has 0 spiro atoms. The maximum atomic E-state index is 15.3. The molecule has 3 aromatic rings. The van der Waals surface area contributed by atoms with E-state index in [1.54, 1.807) is 43.0 Å². The van der Waals surface area contributed by atoms with Crippen LogP contribution in [0.5, 0.6) is 5.88 Å². The maximum absolute atomic E-state index is 15.3. The third-order valence-electron chi connectivity index (χ3n) is 8.01. The highest BCUT2D eigenvalue weighted by Crippen LogP contribution is 2.41. The Morgan fingerprint density at radius 3 is 2.61 bits per heavy atom. The smallest absolute Gasteiger partial charge is 0.407 e. The van der Waals surface area contributed by atoms with Gasteiger partial charge >= 0.3 is 6.09 Å². The van der Waals surface area contributed by atoms with Crippen molar-refractivity contribution in [3.63, 3.8) is 0 Å². The Balaban J connectivity index is 1.21. The molecule has 0 radical (unpaired) electrons. The van der Waals surface area contributed by atoms with Gasteiger partial charge in [-0.25, -0.2) is 13.6 Å². The number of rotatable bonds is 11. The lowest BCUT2D eigenvalue weighted by molar-refractivity contribution is -0.125. The number of carbonyl (C=O) groups is 2. The number of aromatic nitrogens is 3. The van der Waals surface area contributed by atoms with E-state index < -0.39 is 47.9 Å². The van der Waals surface area contributed by atoms with Gasteiger partial charge in [-0.15, -0.1) is 10.2 Å². The zero-order chi connectivity index (χ0) is 31.3. The van der Waals surface area contributed by atoms with Crippen molar-refractivity contribution in [1.29, 1.82) is 0 Å². The number of amides is 2. The Labute approximate surface area is 253 Å². The quantitative estimate of drug-likeness (QED) is 0.291. The van der Waals surface area contributed by atoms with Crippen LogP contribution in [-0.2, 0) is 16.1 Å². The molecular weight excluding hydrogens is 574 g/mol. The normalized spacial score (nSPS) is 19.4. The lowest BCUT2D eigenvalue weighted by Crippen LogP contribution is -2.52. The van der Waals surface area contributed by atoms with E-state index in [9.17, 15) is 14.4 Å². The molecule has 2 amide bonds. The lowest BCUT2D eigenvalue weighted by Gasteiger charge is -2.40. The molecule has 5 rings (SSSR count). The fraction of sp³-hybridized carbons (Fsp3) is 0.452. The minimum absolute atomic E-state index is 0.000860. The van der Waals surface area contributed by atoms with Crippen molar-refractivity contribution >= 4 is 17.8 Å². The highest BCUT2D eigenvalue weighted by molar-refractivity contribution is 5.93. The Bertz CT molecular complexity index is 1500. The monoisotopic (exact) mass is 610 g/mol. The molecule has 3 atom stereocenters. The number of piperidine rings is 1. The molecule has 11 nitrogen and oxygen atoms in total. The highest BCUT2D eigenvalue weighted by atomic mass is 19.3. The predicted octanol–water partition coefficient (Wildman–Crippen LogP) is 4.39. The number of ether oxygens (including phenoxy) is 2. The molecule has 3 heterocycles. The van der Waals surface area contributed by atoms with Crippen LogP contribution in [0.3, 0.4) is 0 Å². The van der Waals surface area contributed by atoms with Crippen LogP contribution in [0.2, 0.25) is 0 Å². The van der Waals surface area contributed by atoms with E-state index in [-0.39, 0.29) is 36.6 Å². The largest absolute Gasteiger partial charge is 0.476 e. The van der Waals surface area contributed by atoms with Crippen LogP contribution in [0.4, 0.5) is 19.4 Å². The zero-order valence-electron chi connectivity index (χ0n) is 24.6. The van der Waals surface area contributed by atoms with Gasteiger partial charge in [0, 0.05) is 37.3 Å². The van der Waals surface area contributed by atoms with E-state index in [0.717, 1.165) is 18.4 Å². The lowest BCUT2D eigenvalue weighted by atomic mass is 9.86.